The van der Waals surface area contributed by atoms with Crippen molar-refractivity contribution < 1.29 is 62.6 Å². The second-order valence-electron chi connectivity index (χ2n) is 22.1. The third-order valence-electron chi connectivity index (χ3n) is 16.0. The van der Waals surface area contributed by atoms with Gasteiger partial charge in [0.05, 0.1) is 13.1 Å². The quantitative estimate of drug-likeness (QED) is 0.0267. The minimum Gasteiger partial charge on any atom is -0.480 e. The number of carbonyl (C=O) groups excluding carboxylic acids is 11. The summed E-state index contributed by atoms with van der Waals surface area (Å²) >= 11 is 0. The van der Waals surface area contributed by atoms with Gasteiger partial charge in [-0.05, 0) is 102 Å². The second-order valence-corrected chi connectivity index (χ2v) is 22.1. The Morgan fingerprint density at radius 2 is 1.16 bits per heavy atom. The van der Waals surface area contributed by atoms with E-state index in [1.807, 2.05) is 27.7 Å². The van der Waals surface area contributed by atoms with Crippen molar-refractivity contribution in [1.29, 1.82) is 0 Å². The van der Waals surface area contributed by atoms with Crippen molar-refractivity contribution >= 4 is 76.9 Å². The molecular formula is C52H82N14O13. The van der Waals surface area contributed by atoms with Crippen molar-refractivity contribution in [3.63, 3.8) is 0 Å². The smallest absolute Gasteiger partial charge is 0.326 e. The number of nitrogens with two attached hydrogens (primary N) is 2. The average molecular weight is 1110 g/mol. The van der Waals surface area contributed by atoms with Crippen LogP contribution in [0.25, 0.3) is 0 Å². The van der Waals surface area contributed by atoms with Crippen LogP contribution < -0.4 is 43.4 Å². The fourth-order valence-electron chi connectivity index (χ4n) is 11.7. The highest BCUT2D eigenvalue weighted by Crippen LogP contribution is 2.29. The van der Waals surface area contributed by atoms with Crippen molar-refractivity contribution in [2.45, 2.75) is 185 Å². The third-order valence-corrected chi connectivity index (χ3v) is 16.0. The van der Waals surface area contributed by atoms with Gasteiger partial charge in [-0.1, -0.05) is 34.1 Å². The van der Waals surface area contributed by atoms with Gasteiger partial charge in [-0.15, -0.1) is 0 Å². The number of nitrogens with zero attached hydrogens (tertiary/aromatic N) is 6. The van der Waals surface area contributed by atoms with E-state index in [1.165, 1.54) is 24.5 Å². The summed E-state index contributed by atoms with van der Waals surface area (Å²) in [6.07, 6.45) is 5.54. The zero-order chi connectivity index (χ0) is 57.7. The van der Waals surface area contributed by atoms with Gasteiger partial charge >= 0.3 is 5.97 Å². The number of rotatable bonds is 24. The van der Waals surface area contributed by atoms with E-state index < -0.39 is 133 Å². The van der Waals surface area contributed by atoms with E-state index in [0.29, 0.717) is 64.2 Å². The van der Waals surface area contributed by atoms with E-state index >= 15 is 0 Å². The highest BCUT2D eigenvalue weighted by Gasteiger charge is 2.47. The fraction of sp³-hybridized carbons (Fsp3) is 0.750. The van der Waals surface area contributed by atoms with E-state index in [2.05, 4.69) is 36.9 Å². The summed E-state index contributed by atoms with van der Waals surface area (Å²) < 4.78 is 0. The molecule has 6 rings (SSSR count). The van der Waals surface area contributed by atoms with Crippen LogP contribution >= 0.6 is 0 Å². The van der Waals surface area contributed by atoms with E-state index in [0.717, 1.165) is 0 Å². The molecule has 27 nitrogen and oxygen atoms in total. The Kier molecular flexibility index (Phi) is 21.8. The first kappa shape index (κ1) is 61.1. The number of aliphatic carboxylic acids is 1. The number of carbonyl (C=O) groups is 12. The molecule has 11 amide bonds. The first-order chi connectivity index (χ1) is 37.6. The van der Waals surface area contributed by atoms with Crippen LogP contribution in [-0.2, 0) is 57.5 Å². The lowest BCUT2D eigenvalue weighted by Gasteiger charge is -2.35. The molecular weight excluding hydrogens is 1030 g/mol. The Labute approximate surface area is 460 Å². The van der Waals surface area contributed by atoms with Crippen LogP contribution in [0.4, 0.5) is 0 Å². The first-order valence-electron chi connectivity index (χ1n) is 28.2. The van der Waals surface area contributed by atoms with Crippen molar-refractivity contribution in [2.75, 3.05) is 52.4 Å². The molecule has 0 aromatic carbocycles. The zero-order valence-electron chi connectivity index (χ0n) is 46.0. The van der Waals surface area contributed by atoms with Crippen molar-refractivity contribution in [2.24, 2.45) is 28.3 Å². The van der Waals surface area contributed by atoms with Crippen LogP contribution in [0, 0.1) is 11.8 Å². The molecule has 0 aromatic rings. The Morgan fingerprint density at radius 3 is 1.73 bits per heavy atom. The second kappa shape index (κ2) is 28.2. The molecule has 6 aliphatic rings. The Morgan fingerprint density at radius 1 is 0.633 bits per heavy atom. The zero-order valence-corrected chi connectivity index (χ0v) is 46.0. The van der Waals surface area contributed by atoms with Crippen LogP contribution in [0.3, 0.4) is 0 Å². The van der Waals surface area contributed by atoms with Gasteiger partial charge in [-0.25, -0.2) is 4.79 Å². The maximum atomic E-state index is 14.4. The number of carboxylic acid groups (broad SMARTS) is 1. The highest BCUT2D eigenvalue weighted by molar-refractivity contribution is 5.99. The average Bonchev–Trinajstić information content (AvgIpc) is 4.32. The van der Waals surface area contributed by atoms with Crippen molar-refractivity contribution in [3.05, 3.63) is 0 Å². The molecule has 438 valence electrons. The van der Waals surface area contributed by atoms with Gasteiger partial charge in [0, 0.05) is 45.7 Å². The number of nitrogens with one attached hydrogen (secondary N) is 6. The lowest BCUT2D eigenvalue weighted by Crippen LogP contribution is -2.59. The molecule has 6 saturated heterocycles. The lowest BCUT2D eigenvalue weighted by molar-refractivity contribution is -0.152. The molecule has 0 bridgehead atoms. The number of hydrogen-bond donors (Lipinski definition) is 9. The van der Waals surface area contributed by atoms with Crippen LogP contribution in [-0.4, -0.2) is 213 Å². The van der Waals surface area contributed by atoms with Crippen LogP contribution in [0.5, 0.6) is 0 Å². The highest BCUT2D eigenvalue weighted by atomic mass is 16.4. The molecule has 0 saturated carbocycles. The number of guanidine groups is 1. The minimum absolute atomic E-state index is 0.0775. The van der Waals surface area contributed by atoms with Gasteiger partial charge in [-0.2, -0.15) is 0 Å². The number of carboxylic acids is 1. The Hall–Kier alpha value is -7.09. The SMILES string of the molecule is CC[C@H](C)[C@H](NC(=O)[C@@H]1CCCN1C(=O)[C@@H]1CCCN1C(=O)CNC(=O)[C@H](CC(C)C)NC(=O)[C@@H]1CCCN1C(=O)[C@H](CCCN=C(N)N)NC(=O)CNC(=O)[C@@H]1CCC(=O)N1)C(=O)N1CCC[C@H]1C(=O)N1CCC[C@H]1C(=O)O. The molecule has 79 heavy (non-hydrogen) atoms. The lowest BCUT2D eigenvalue weighted by atomic mass is 9.96. The summed E-state index contributed by atoms with van der Waals surface area (Å²) in [5, 5.41) is 25.7. The molecule has 27 heteroatoms. The first-order valence-corrected chi connectivity index (χ1v) is 28.2. The molecule has 6 heterocycles. The van der Waals surface area contributed by atoms with Gasteiger partial charge in [0.15, 0.2) is 5.96 Å². The van der Waals surface area contributed by atoms with Gasteiger partial charge < -0.3 is 73.0 Å². The summed E-state index contributed by atoms with van der Waals surface area (Å²) in [7, 11) is 0. The van der Waals surface area contributed by atoms with E-state index in [1.54, 1.807) is 0 Å². The van der Waals surface area contributed by atoms with E-state index in [4.69, 9.17) is 11.5 Å². The number of aliphatic imine (C=N–C) groups is 1. The van der Waals surface area contributed by atoms with Gasteiger partial charge in [0.25, 0.3) is 0 Å². The largest absolute Gasteiger partial charge is 0.480 e. The summed E-state index contributed by atoms with van der Waals surface area (Å²) in [6.45, 7) is 7.70. The summed E-state index contributed by atoms with van der Waals surface area (Å²) in [6, 6.07) is -8.78. The topological polar surface area (TPSA) is 378 Å². The maximum absolute atomic E-state index is 14.4. The molecule has 6 aliphatic heterocycles. The van der Waals surface area contributed by atoms with Crippen molar-refractivity contribution in [3.8, 4) is 0 Å². The number of likely N-dealkylation sites (tertiary alicyclic amines) is 5. The fourth-order valence-corrected chi connectivity index (χ4v) is 11.7. The van der Waals surface area contributed by atoms with E-state index in [9.17, 15) is 62.6 Å². The molecule has 0 radical (unpaired) electrons. The normalized spacial score (nSPS) is 24.3. The summed E-state index contributed by atoms with van der Waals surface area (Å²) in [4.78, 5) is 173. The predicted molar refractivity (Wildman–Crippen MR) is 283 cm³/mol. The third kappa shape index (κ3) is 15.6. The molecule has 11 N–H and O–H groups in total. The van der Waals surface area contributed by atoms with Crippen LogP contribution in [0.1, 0.15) is 130 Å². The molecule has 0 unspecified atom stereocenters. The Balaban J connectivity index is 1.04. The Bertz CT molecular complexity index is 2350. The van der Waals surface area contributed by atoms with Gasteiger partial charge in [0.1, 0.15) is 54.4 Å². The maximum Gasteiger partial charge on any atom is 0.326 e. The van der Waals surface area contributed by atoms with Crippen molar-refractivity contribution in [1.82, 2.24) is 56.4 Å². The molecule has 0 aromatic heterocycles. The van der Waals surface area contributed by atoms with Gasteiger partial charge in [0.2, 0.25) is 65.0 Å². The standard InChI is InChI=1S/C52H82N14O13/c1-5-30(4)42(50(77)65-24-10-16-37(65)49(76)66-25-11-17-38(66)51(78)79)61-46(73)35-14-8-23-64(35)48(75)36-15-9-21-62(36)41(69)28-57-44(71)33(26-29(2)3)60-45(72)34-13-7-22-63(34)47(74)32(12-6-20-55-52(53)54)59-40(68)27-56-43(70)31-18-19-39(67)58-31/h29-38,42H,5-28H2,1-4H3,(H,56,70)(H,57,71)(H,58,67)(H,59,68)(H,60,72)(H,61,73)(H,78,79)(H4,53,54,55)/t30-,31-,32-,33-,34-,35-,36-,37-,38-,42-/m0/s1. The van der Waals surface area contributed by atoms with Crippen LogP contribution in [0.15, 0.2) is 4.99 Å². The molecule has 10 atom stereocenters. The van der Waals surface area contributed by atoms with Gasteiger partial charge in [-0.3, -0.25) is 57.7 Å². The predicted octanol–water partition coefficient (Wildman–Crippen LogP) is -2.86. The van der Waals surface area contributed by atoms with Crippen LogP contribution in [0.2, 0.25) is 0 Å². The monoisotopic (exact) mass is 1110 g/mol. The number of hydrogen-bond acceptors (Lipinski definition) is 13. The number of amides is 11. The van der Waals surface area contributed by atoms with E-state index in [-0.39, 0.29) is 101 Å². The molecule has 6 fully saturated rings. The summed E-state index contributed by atoms with van der Waals surface area (Å²) in [5.74, 6) is -7.46. The summed E-state index contributed by atoms with van der Waals surface area (Å²) in [5.41, 5.74) is 10.9. The minimum atomic E-state index is -1.14. The molecule has 0 spiro atoms. The molecule has 0 aliphatic carbocycles.